The summed E-state index contributed by atoms with van der Waals surface area (Å²) >= 11 is 0. The summed E-state index contributed by atoms with van der Waals surface area (Å²) in [6.45, 7) is 0.592. The fraction of sp³-hybridized carbons (Fsp3) is 0.417. The maximum absolute atomic E-state index is 11.5. The normalized spacial score (nSPS) is 15.2. The summed E-state index contributed by atoms with van der Waals surface area (Å²) in [5.74, 6) is 1.48. The predicted octanol–water partition coefficient (Wildman–Crippen LogP) is 1.35. The molecule has 1 aromatic rings. The molecule has 2 rings (SSSR count). The van der Waals surface area contributed by atoms with Crippen LogP contribution in [0.2, 0.25) is 0 Å². The smallest absolute Gasteiger partial charge is 0.162 e. The molecule has 16 heavy (non-hydrogen) atoms. The van der Waals surface area contributed by atoms with E-state index >= 15 is 0 Å². The maximum atomic E-state index is 11.5. The van der Waals surface area contributed by atoms with Crippen LogP contribution in [0.5, 0.6) is 11.5 Å². The summed E-state index contributed by atoms with van der Waals surface area (Å²) in [6, 6.07) is 3.67. The number of rotatable bonds is 2. The first-order valence-electron chi connectivity index (χ1n) is 5.08. The molecule has 0 aromatic heterocycles. The Labute approximate surface area is 94.1 Å². The van der Waals surface area contributed by atoms with Gasteiger partial charge in [-0.1, -0.05) is 0 Å². The third kappa shape index (κ3) is 2.02. The molecule has 86 valence electrons. The molecule has 1 aromatic carbocycles. The minimum atomic E-state index is 0.0715. The second-order valence-electron chi connectivity index (χ2n) is 3.68. The summed E-state index contributed by atoms with van der Waals surface area (Å²) in [7, 11) is 3.19. The van der Waals surface area contributed by atoms with Crippen LogP contribution in [0.4, 0.5) is 0 Å². The molecule has 4 nitrogen and oxygen atoms in total. The topological polar surface area (TPSA) is 44.8 Å². The van der Waals surface area contributed by atoms with E-state index in [0.717, 1.165) is 11.1 Å². The molecule has 0 fully saturated rings. The average Bonchev–Trinajstić information content (AvgIpc) is 2.48. The number of benzene rings is 1. The van der Waals surface area contributed by atoms with Gasteiger partial charge in [0.1, 0.15) is 18.1 Å². The van der Waals surface area contributed by atoms with Crippen LogP contribution in [0.15, 0.2) is 12.1 Å². The van der Waals surface area contributed by atoms with Crippen molar-refractivity contribution in [3.8, 4) is 11.5 Å². The first-order valence-corrected chi connectivity index (χ1v) is 5.08. The van der Waals surface area contributed by atoms with Gasteiger partial charge >= 0.3 is 0 Å². The van der Waals surface area contributed by atoms with Crippen molar-refractivity contribution < 1.29 is 19.0 Å². The first kappa shape index (κ1) is 11.0. The van der Waals surface area contributed by atoms with Gasteiger partial charge in [-0.05, 0) is 11.6 Å². The van der Waals surface area contributed by atoms with Crippen molar-refractivity contribution in [1.82, 2.24) is 0 Å². The molecule has 0 saturated heterocycles. The molecule has 1 aliphatic rings. The van der Waals surface area contributed by atoms with Gasteiger partial charge in [0.2, 0.25) is 0 Å². The van der Waals surface area contributed by atoms with Gasteiger partial charge in [0.05, 0.1) is 20.8 Å². The molecule has 0 amide bonds. The molecule has 1 heterocycles. The maximum Gasteiger partial charge on any atom is 0.162 e. The van der Waals surface area contributed by atoms with Crippen LogP contribution in [0.25, 0.3) is 0 Å². The predicted molar refractivity (Wildman–Crippen MR) is 57.9 cm³/mol. The number of Topliss-reactive ketones (excluding diaryl/α,β-unsaturated/α-hetero) is 1. The van der Waals surface area contributed by atoms with Gasteiger partial charge in [-0.15, -0.1) is 0 Å². The van der Waals surface area contributed by atoms with Gasteiger partial charge < -0.3 is 14.2 Å². The molecule has 0 saturated carbocycles. The van der Waals surface area contributed by atoms with Crippen molar-refractivity contribution in [1.29, 1.82) is 0 Å². The molecule has 0 bridgehead atoms. The lowest BCUT2D eigenvalue weighted by atomic mass is 10.0. The molecule has 0 atom stereocenters. The summed E-state index contributed by atoms with van der Waals surface area (Å²) < 4.78 is 15.7. The van der Waals surface area contributed by atoms with E-state index in [1.165, 1.54) is 0 Å². The van der Waals surface area contributed by atoms with Crippen molar-refractivity contribution in [2.24, 2.45) is 0 Å². The highest BCUT2D eigenvalue weighted by molar-refractivity contribution is 5.83. The van der Waals surface area contributed by atoms with E-state index in [0.29, 0.717) is 24.5 Å². The highest BCUT2D eigenvalue weighted by Gasteiger charge is 2.19. The Balaban J connectivity index is 2.49. The number of hydrogen-bond acceptors (Lipinski definition) is 4. The van der Waals surface area contributed by atoms with Gasteiger partial charge in [-0.25, -0.2) is 0 Å². The van der Waals surface area contributed by atoms with Crippen molar-refractivity contribution in [2.75, 3.05) is 20.8 Å². The third-order valence-electron chi connectivity index (χ3n) is 2.63. The Morgan fingerprint density at radius 1 is 1.19 bits per heavy atom. The fourth-order valence-corrected chi connectivity index (χ4v) is 1.83. The summed E-state index contributed by atoms with van der Waals surface area (Å²) in [5, 5.41) is 0. The molecule has 0 N–H and O–H groups in total. The van der Waals surface area contributed by atoms with E-state index < -0.39 is 0 Å². The van der Waals surface area contributed by atoms with E-state index in [1.54, 1.807) is 20.3 Å². The number of carbonyl (C=O) groups is 1. The molecule has 0 unspecified atom stereocenters. The lowest BCUT2D eigenvalue weighted by molar-refractivity contribution is -0.122. The minimum Gasteiger partial charge on any atom is -0.497 e. The lowest BCUT2D eigenvalue weighted by Crippen LogP contribution is -2.07. The molecule has 0 aliphatic carbocycles. The van der Waals surface area contributed by atoms with Gasteiger partial charge in [-0.3, -0.25) is 4.79 Å². The van der Waals surface area contributed by atoms with E-state index in [4.69, 9.17) is 14.2 Å². The van der Waals surface area contributed by atoms with Crippen molar-refractivity contribution in [3.05, 3.63) is 23.3 Å². The number of carbonyl (C=O) groups excluding carboxylic acids is 1. The monoisotopic (exact) mass is 222 g/mol. The Bertz CT molecular complexity index is 412. The average molecular weight is 222 g/mol. The highest BCUT2D eigenvalue weighted by Crippen LogP contribution is 2.31. The number of fused-ring (bicyclic) bond motifs is 1. The van der Waals surface area contributed by atoms with Gasteiger partial charge in [0.15, 0.2) is 5.78 Å². The molecule has 0 spiro atoms. The summed E-state index contributed by atoms with van der Waals surface area (Å²) in [6.07, 6.45) is 0.364. The molecule has 4 heteroatoms. The van der Waals surface area contributed by atoms with Crippen LogP contribution in [-0.4, -0.2) is 26.6 Å². The number of hydrogen-bond donors (Lipinski definition) is 0. The Kier molecular flexibility index (Phi) is 3.10. The van der Waals surface area contributed by atoms with E-state index in [2.05, 4.69) is 0 Å². The van der Waals surface area contributed by atoms with Crippen molar-refractivity contribution in [2.45, 2.75) is 13.0 Å². The van der Waals surface area contributed by atoms with Crippen molar-refractivity contribution in [3.63, 3.8) is 0 Å². The lowest BCUT2D eigenvalue weighted by Gasteiger charge is -2.12. The quantitative estimate of drug-likeness (QED) is 0.757. The number of methoxy groups -OCH3 is 2. The van der Waals surface area contributed by atoms with Gasteiger partial charge in [0.25, 0.3) is 0 Å². The molecular weight excluding hydrogens is 208 g/mol. The first-order chi connectivity index (χ1) is 7.74. The summed E-state index contributed by atoms with van der Waals surface area (Å²) in [4.78, 5) is 11.5. The van der Waals surface area contributed by atoms with E-state index in [1.807, 2.05) is 6.07 Å². The zero-order chi connectivity index (χ0) is 11.5. The SMILES string of the molecule is COc1cc2c(c(OC)c1)CC(=O)COC2. The molecule has 0 radical (unpaired) electrons. The van der Waals surface area contributed by atoms with Crippen molar-refractivity contribution >= 4 is 5.78 Å². The molecular formula is C12H14O4. The van der Waals surface area contributed by atoms with Gasteiger partial charge in [0, 0.05) is 18.1 Å². The van der Waals surface area contributed by atoms with Gasteiger partial charge in [-0.2, -0.15) is 0 Å². The molecule has 1 aliphatic heterocycles. The highest BCUT2D eigenvalue weighted by atomic mass is 16.5. The van der Waals surface area contributed by atoms with Crippen LogP contribution in [-0.2, 0) is 22.6 Å². The van der Waals surface area contributed by atoms with Crippen LogP contribution >= 0.6 is 0 Å². The van der Waals surface area contributed by atoms with E-state index in [9.17, 15) is 4.79 Å². The summed E-state index contributed by atoms with van der Waals surface area (Å²) in [5.41, 5.74) is 1.87. The Morgan fingerprint density at radius 3 is 2.69 bits per heavy atom. The van der Waals surface area contributed by atoms with Crippen LogP contribution < -0.4 is 9.47 Å². The zero-order valence-corrected chi connectivity index (χ0v) is 9.41. The van der Waals surface area contributed by atoms with Crippen LogP contribution in [0.3, 0.4) is 0 Å². The van der Waals surface area contributed by atoms with E-state index in [-0.39, 0.29) is 12.4 Å². The fourth-order valence-electron chi connectivity index (χ4n) is 1.83. The van der Waals surface area contributed by atoms with Crippen LogP contribution in [0.1, 0.15) is 11.1 Å². The second-order valence-corrected chi connectivity index (χ2v) is 3.68. The standard InChI is InChI=1S/C12H14O4/c1-14-10-3-8-6-16-7-9(13)4-11(8)12(5-10)15-2/h3,5H,4,6-7H2,1-2H3. The Hall–Kier alpha value is -1.55. The third-order valence-corrected chi connectivity index (χ3v) is 2.63. The largest absolute Gasteiger partial charge is 0.497 e. The number of ether oxygens (including phenoxy) is 3. The Morgan fingerprint density at radius 2 is 2.00 bits per heavy atom. The number of ketones is 1. The zero-order valence-electron chi connectivity index (χ0n) is 9.41. The van der Waals surface area contributed by atoms with Crippen LogP contribution in [0, 0.1) is 0 Å². The second kappa shape index (κ2) is 4.53. The minimum absolute atomic E-state index is 0.0715.